The number of hydrogen-bond acceptors (Lipinski definition) is 7. The van der Waals surface area contributed by atoms with Crippen LogP contribution >= 0.6 is 0 Å². The predicted molar refractivity (Wildman–Crippen MR) is 96.7 cm³/mol. The molecule has 8 heteroatoms. The number of hydrogen-bond donors (Lipinski definition) is 1. The van der Waals surface area contributed by atoms with Crippen LogP contribution in [0.3, 0.4) is 0 Å². The quantitative estimate of drug-likeness (QED) is 0.435. The number of β-amino-alcohol motifs (C(OH)–C–C–N with tert-alkyl or cyclic N) is 1. The molecule has 1 aliphatic carbocycles. The summed E-state index contributed by atoms with van der Waals surface area (Å²) in [5.74, 6) is -2.38. The van der Waals surface area contributed by atoms with Crippen LogP contribution in [0, 0.1) is 12.3 Å². The Morgan fingerprint density at radius 3 is 2.18 bits per heavy atom. The van der Waals surface area contributed by atoms with Crippen molar-refractivity contribution < 1.29 is 33.8 Å². The van der Waals surface area contributed by atoms with Crippen LogP contribution in [0.4, 0.5) is 0 Å². The highest BCUT2D eigenvalue weighted by Crippen LogP contribution is 2.44. The summed E-state index contributed by atoms with van der Waals surface area (Å²) >= 11 is 0. The van der Waals surface area contributed by atoms with Crippen LogP contribution in [0.5, 0.6) is 0 Å². The van der Waals surface area contributed by atoms with E-state index in [1.165, 1.54) is 0 Å². The van der Waals surface area contributed by atoms with E-state index >= 15 is 0 Å². The van der Waals surface area contributed by atoms with Gasteiger partial charge in [0.15, 0.2) is 5.41 Å². The maximum absolute atomic E-state index is 12.9. The SMILES string of the molecule is CCOC(=O)C1(C(=O)OCC)Cc2cc(C)c3c(c2C1)C(=O)N(CCO)C3=O. The number of nitrogens with zero attached hydrogens (tertiary/aromatic N) is 1. The van der Waals surface area contributed by atoms with Gasteiger partial charge in [-0.05, 0) is 43.9 Å². The highest BCUT2D eigenvalue weighted by atomic mass is 16.6. The van der Waals surface area contributed by atoms with E-state index in [-0.39, 0.29) is 50.3 Å². The Morgan fingerprint density at radius 1 is 1.07 bits per heavy atom. The zero-order valence-corrected chi connectivity index (χ0v) is 16.2. The van der Waals surface area contributed by atoms with Crippen molar-refractivity contribution in [2.24, 2.45) is 5.41 Å². The van der Waals surface area contributed by atoms with Crippen molar-refractivity contribution in [3.05, 3.63) is 33.9 Å². The number of esters is 2. The molecule has 1 heterocycles. The third kappa shape index (κ3) is 2.79. The van der Waals surface area contributed by atoms with Gasteiger partial charge in [0, 0.05) is 6.42 Å². The van der Waals surface area contributed by atoms with Crippen LogP contribution in [-0.2, 0) is 31.9 Å². The van der Waals surface area contributed by atoms with Gasteiger partial charge in [0.25, 0.3) is 11.8 Å². The lowest BCUT2D eigenvalue weighted by molar-refractivity contribution is -0.171. The van der Waals surface area contributed by atoms with E-state index in [9.17, 15) is 24.3 Å². The molecule has 3 rings (SSSR count). The number of rotatable bonds is 6. The Bertz CT molecular complexity index is 856. The molecule has 28 heavy (non-hydrogen) atoms. The number of ether oxygens (including phenoxy) is 2. The molecular weight excluding hydrogens is 366 g/mol. The molecule has 0 saturated carbocycles. The molecule has 150 valence electrons. The lowest BCUT2D eigenvalue weighted by atomic mass is 9.84. The second-order valence-corrected chi connectivity index (χ2v) is 6.94. The molecule has 1 aliphatic heterocycles. The van der Waals surface area contributed by atoms with Gasteiger partial charge in [-0.1, -0.05) is 6.07 Å². The first-order valence-electron chi connectivity index (χ1n) is 9.29. The fourth-order valence-corrected chi connectivity index (χ4v) is 4.07. The molecule has 0 atom stereocenters. The van der Waals surface area contributed by atoms with E-state index in [1.807, 2.05) is 0 Å². The van der Waals surface area contributed by atoms with Crippen molar-refractivity contribution in [1.82, 2.24) is 4.90 Å². The normalized spacial score (nSPS) is 16.8. The predicted octanol–water partition coefficient (Wildman–Crippen LogP) is 0.795. The molecule has 0 unspecified atom stereocenters. The number of carbonyl (C=O) groups is 4. The van der Waals surface area contributed by atoms with Gasteiger partial charge in [-0.25, -0.2) is 0 Å². The summed E-state index contributed by atoms with van der Waals surface area (Å²) < 4.78 is 10.3. The Morgan fingerprint density at radius 2 is 1.64 bits per heavy atom. The molecule has 1 N–H and O–H groups in total. The van der Waals surface area contributed by atoms with E-state index in [0.29, 0.717) is 16.7 Å². The first kappa shape index (κ1) is 20.0. The highest BCUT2D eigenvalue weighted by molar-refractivity contribution is 6.23. The third-order valence-electron chi connectivity index (χ3n) is 5.27. The largest absolute Gasteiger partial charge is 0.465 e. The molecule has 0 saturated heterocycles. The molecule has 8 nitrogen and oxygen atoms in total. The standard InChI is InChI=1S/C20H23NO7/c1-4-27-18(25)20(19(26)28-5-2)9-12-8-11(3)14-15(13(12)10-20)17(24)21(6-7-22)16(14)23/h8,22H,4-7,9-10H2,1-3H3. The van der Waals surface area contributed by atoms with Crippen LogP contribution < -0.4 is 0 Å². The summed E-state index contributed by atoms with van der Waals surface area (Å²) in [6.07, 6.45) is -0.00973. The first-order chi connectivity index (χ1) is 13.3. The molecule has 1 aromatic carbocycles. The highest BCUT2D eigenvalue weighted by Gasteiger charge is 2.55. The summed E-state index contributed by atoms with van der Waals surface area (Å²) in [5, 5.41) is 9.18. The third-order valence-corrected chi connectivity index (χ3v) is 5.27. The maximum atomic E-state index is 12.9. The smallest absolute Gasteiger partial charge is 0.324 e. The van der Waals surface area contributed by atoms with Gasteiger partial charge in [-0.15, -0.1) is 0 Å². The van der Waals surface area contributed by atoms with Crippen LogP contribution in [0.15, 0.2) is 6.07 Å². The van der Waals surface area contributed by atoms with Crippen molar-refractivity contribution in [2.75, 3.05) is 26.4 Å². The van der Waals surface area contributed by atoms with Gasteiger partial charge in [0.2, 0.25) is 0 Å². The molecule has 0 fully saturated rings. The number of benzene rings is 1. The van der Waals surface area contributed by atoms with E-state index in [0.717, 1.165) is 4.90 Å². The van der Waals surface area contributed by atoms with E-state index in [1.54, 1.807) is 26.8 Å². The van der Waals surface area contributed by atoms with Gasteiger partial charge in [-0.3, -0.25) is 24.1 Å². The number of aliphatic hydroxyl groups excluding tert-OH is 1. The summed E-state index contributed by atoms with van der Waals surface area (Å²) in [6, 6.07) is 1.74. The monoisotopic (exact) mass is 389 g/mol. The van der Waals surface area contributed by atoms with Gasteiger partial charge in [0.1, 0.15) is 0 Å². The molecule has 0 bridgehead atoms. The molecular formula is C20H23NO7. The van der Waals surface area contributed by atoms with Gasteiger partial charge in [-0.2, -0.15) is 0 Å². The summed E-state index contributed by atoms with van der Waals surface area (Å²) in [7, 11) is 0. The lowest BCUT2D eigenvalue weighted by Crippen LogP contribution is -2.43. The van der Waals surface area contributed by atoms with E-state index < -0.39 is 29.2 Å². The zero-order chi connectivity index (χ0) is 20.6. The Kier molecular flexibility index (Phi) is 5.25. The second kappa shape index (κ2) is 7.35. The van der Waals surface area contributed by atoms with Crippen LogP contribution in [0.2, 0.25) is 0 Å². The first-order valence-corrected chi connectivity index (χ1v) is 9.29. The van der Waals surface area contributed by atoms with Crippen molar-refractivity contribution >= 4 is 23.8 Å². The maximum Gasteiger partial charge on any atom is 0.324 e. The summed E-state index contributed by atoms with van der Waals surface area (Å²) in [6.45, 7) is 4.76. The molecule has 1 aromatic rings. The second-order valence-electron chi connectivity index (χ2n) is 6.94. The molecule has 2 aliphatic rings. The van der Waals surface area contributed by atoms with Gasteiger partial charge in [0.05, 0.1) is 37.5 Å². The van der Waals surface area contributed by atoms with E-state index in [2.05, 4.69) is 0 Å². The molecule has 0 radical (unpaired) electrons. The fraction of sp³-hybridized carbons (Fsp3) is 0.500. The van der Waals surface area contributed by atoms with E-state index in [4.69, 9.17) is 9.47 Å². The van der Waals surface area contributed by atoms with Crippen molar-refractivity contribution in [2.45, 2.75) is 33.6 Å². The summed E-state index contributed by atoms with van der Waals surface area (Å²) in [4.78, 5) is 52.0. The summed E-state index contributed by atoms with van der Waals surface area (Å²) in [5.41, 5.74) is 0.662. The minimum atomic E-state index is -1.57. The fourth-order valence-electron chi connectivity index (χ4n) is 4.07. The zero-order valence-electron chi connectivity index (χ0n) is 16.2. The van der Waals surface area contributed by atoms with Crippen molar-refractivity contribution in [3.8, 4) is 0 Å². The minimum Gasteiger partial charge on any atom is -0.465 e. The average molecular weight is 389 g/mol. The molecule has 0 spiro atoms. The van der Waals surface area contributed by atoms with Crippen molar-refractivity contribution in [1.29, 1.82) is 0 Å². The topological polar surface area (TPSA) is 110 Å². The lowest BCUT2D eigenvalue weighted by Gasteiger charge is -2.24. The minimum absolute atomic E-state index is 0.0512. The number of imide groups is 1. The Hall–Kier alpha value is -2.74. The number of carbonyl (C=O) groups excluding carboxylic acids is 4. The molecule has 2 amide bonds. The van der Waals surface area contributed by atoms with Gasteiger partial charge < -0.3 is 14.6 Å². The Balaban J connectivity index is 2.12. The van der Waals surface area contributed by atoms with Crippen molar-refractivity contribution in [3.63, 3.8) is 0 Å². The van der Waals surface area contributed by atoms with Crippen LogP contribution in [0.1, 0.15) is 51.3 Å². The average Bonchev–Trinajstić information content (AvgIpc) is 3.15. The number of fused-ring (bicyclic) bond motifs is 3. The van der Waals surface area contributed by atoms with Gasteiger partial charge >= 0.3 is 11.9 Å². The molecule has 0 aromatic heterocycles. The number of aliphatic hydroxyl groups is 1. The van der Waals surface area contributed by atoms with Crippen LogP contribution in [0.25, 0.3) is 0 Å². The number of aryl methyl sites for hydroxylation is 1. The number of amides is 2. The van der Waals surface area contributed by atoms with Crippen LogP contribution in [-0.4, -0.2) is 60.1 Å². The Labute approximate surface area is 162 Å².